The summed E-state index contributed by atoms with van der Waals surface area (Å²) in [5.41, 5.74) is 0. The van der Waals surface area contributed by atoms with Gasteiger partial charge in [0.05, 0.1) is 25.4 Å². The number of unbranched alkanes of at least 4 members (excludes halogenated alkanes) is 35. The lowest BCUT2D eigenvalue weighted by atomic mass is 9.99. The number of amides is 1. The Hall–Kier alpha value is -1.33. The van der Waals surface area contributed by atoms with Crippen LogP contribution in [0.5, 0.6) is 0 Å². The molecule has 0 radical (unpaired) electrons. The predicted molar refractivity (Wildman–Crippen MR) is 277 cm³/mol. The number of hydrogen-bond acceptors (Lipinski definition) is 8. The third kappa shape index (κ3) is 36.6. The van der Waals surface area contributed by atoms with E-state index in [9.17, 15) is 30.3 Å². The van der Waals surface area contributed by atoms with Gasteiger partial charge in [-0.1, -0.05) is 250 Å². The fraction of sp³-hybridized carbons (Fsp3) is 0.912. The van der Waals surface area contributed by atoms with Crippen molar-refractivity contribution in [3.63, 3.8) is 0 Å². The van der Waals surface area contributed by atoms with Gasteiger partial charge in [-0.25, -0.2) is 0 Å². The minimum Gasteiger partial charge on any atom is -0.394 e. The lowest BCUT2D eigenvalue weighted by Gasteiger charge is -2.40. The molecule has 9 nitrogen and oxygen atoms in total. The normalized spacial score (nSPS) is 19.9. The molecule has 0 spiro atoms. The van der Waals surface area contributed by atoms with Gasteiger partial charge in [-0.15, -0.1) is 0 Å². The first-order valence-corrected chi connectivity index (χ1v) is 28.5. The number of allylic oxidation sites excluding steroid dienone is 4. The molecule has 390 valence electrons. The molecular weight excluding hydrogens is 827 g/mol. The second-order valence-corrected chi connectivity index (χ2v) is 20.1. The van der Waals surface area contributed by atoms with E-state index in [1.165, 1.54) is 199 Å². The monoisotopic (exact) mass is 936 g/mol. The van der Waals surface area contributed by atoms with E-state index >= 15 is 0 Å². The highest BCUT2D eigenvalue weighted by Gasteiger charge is 2.44. The summed E-state index contributed by atoms with van der Waals surface area (Å²) in [7, 11) is 0. The second-order valence-electron chi connectivity index (χ2n) is 20.1. The van der Waals surface area contributed by atoms with Crippen molar-refractivity contribution in [2.45, 2.75) is 320 Å². The zero-order valence-corrected chi connectivity index (χ0v) is 43.2. The summed E-state index contributed by atoms with van der Waals surface area (Å²) in [5.74, 6) is -0.149. The average molecular weight is 936 g/mol. The van der Waals surface area contributed by atoms with Crippen molar-refractivity contribution >= 4 is 5.91 Å². The lowest BCUT2D eigenvalue weighted by Crippen LogP contribution is -2.60. The molecule has 1 saturated heterocycles. The molecule has 1 amide bonds. The molecule has 66 heavy (non-hydrogen) atoms. The van der Waals surface area contributed by atoms with Crippen LogP contribution in [0.2, 0.25) is 0 Å². The highest BCUT2D eigenvalue weighted by Crippen LogP contribution is 2.23. The first-order valence-electron chi connectivity index (χ1n) is 28.5. The number of carbonyl (C=O) groups is 1. The second kappa shape index (κ2) is 47.4. The third-order valence-corrected chi connectivity index (χ3v) is 13.8. The summed E-state index contributed by atoms with van der Waals surface area (Å²) in [5, 5.41) is 54.7. The van der Waals surface area contributed by atoms with Crippen LogP contribution in [0.4, 0.5) is 0 Å². The molecule has 0 bridgehead atoms. The van der Waals surface area contributed by atoms with E-state index in [2.05, 4.69) is 43.5 Å². The van der Waals surface area contributed by atoms with Gasteiger partial charge in [0.2, 0.25) is 5.91 Å². The van der Waals surface area contributed by atoms with E-state index in [1.54, 1.807) is 0 Å². The van der Waals surface area contributed by atoms with Gasteiger partial charge in [0.15, 0.2) is 6.29 Å². The molecule has 0 aromatic heterocycles. The zero-order valence-electron chi connectivity index (χ0n) is 43.2. The molecule has 7 atom stereocenters. The summed E-state index contributed by atoms with van der Waals surface area (Å²) in [6.07, 6.45) is 52.0. The standard InChI is InChI=1S/C57H109NO8/c1-3-5-7-9-11-13-15-17-19-21-23-24-25-26-27-28-29-30-32-34-36-38-40-42-44-46-51(60)50(49-65-57-56(64)55(63)54(62)52(48-59)66-57)58-53(61)47-45-43-41-39-37-35-33-31-22-20-18-16-14-12-10-8-6-4-2/h14,16,20,22,50-52,54-57,59-60,62-64H,3-13,15,17-19,21,23-49H2,1-2H3,(H,58,61)/b16-14-,22-20-. The van der Waals surface area contributed by atoms with Gasteiger partial charge in [0, 0.05) is 6.42 Å². The minimum atomic E-state index is -1.55. The molecule has 1 aliphatic rings. The number of rotatable bonds is 49. The van der Waals surface area contributed by atoms with E-state index in [-0.39, 0.29) is 12.5 Å². The van der Waals surface area contributed by atoms with Crippen molar-refractivity contribution in [2.75, 3.05) is 13.2 Å². The number of nitrogens with one attached hydrogen (secondary N) is 1. The maximum Gasteiger partial charge on any atom is 0.220 e. The van der Waals surface area contributed by atoms with Crippen LogP contribution in [0.25, 0.3) is 0 Å². The molecule has 6 N–H and O–H groups in total. The summed E-state index contributed by atoms with van der Waals surface area (Å²) in [4.78, 5) is 13.1. The predicted octanol–water partition coefficient (Wildman–Crippen LogP) is 13.8. The van der Waals surface area contributed by atoms with E-state index in [4.69, 9.17) is 9.47 Å². The summed E-state index contributed by atoms with van der Waals surface area (Å²) in [6.45, 7) is 3.85. The van der Waals surface area contributed by atoms with Gasteiger partial charge < -0.3 is 40.3 Å². The van der Waals surface area contributed by atoms with Crippen LogP contribution in [0.15, 0.2) is 24.3 Å². The summed E-state index contributed by atoms with van der Waals surface area (Å²) >= 11 is 0. The molecule has 9 heteroatoms. The molecule has 0 aromatic rings. The fourth-order valence-electron chi connectivity index (χ4n) is 9.25. The van der Waals surface area contributed by atoms with Crippen LogP contribution >= 0.6 is 0 Å². The molecule has 1 rings (SSSR count). The van der Waals surface area contributed by atoms with E-state index in [1.807, 2.05) is 0 Å². The lowest BCUT2D eigenvalue weighted by molar-refractivity contribution is -0.302. The van der Waals surface area contributed by atoms with Gasteiger partial charge in [0.25, 0.3) is 0 Å². The number of aliphatic hydroxyl groups is 5. The molecule has 1 aliphatic heterocycles. The Morgan fingerprint density at radius 3 is 1.32 bits per heavy atom. The average Bonchev–Trinajstić information content (AvgIpc) is 3.32. The highest BCUT2D eigenvalue weighted by atomic mass is 16.7. The van der Waals surface area contributed by atoms with Gasteiger partial charge in [-0.3, -0.25) is 4.79 Å². The first-order chi connectivity index (χ1) is 32.3. The maximum atomic E-state index is 13.1. The molecule has 0 aromatic carbocycles. The number of carbonyl (C=O) groups excluding carboxylic acids is 1. The minimum absolute atomic E-state index is 0.139. The molecular formula is C57H109NO8. The van der Waals surface area contributed by atoms with Crippen LogP contribution in [0.1, 0.15) is 277 Å². The largest absolute Gasteiger partial charge is 0.394 e. The van der Waals surface area contributed by atoms with Crippen molar-refractivity contribution < 1.29 is 39.8 Å². The number of hydrogen-bond donors (Lipinski definition) is 6. The highest BCUT2D eigenvalue weighted by molar-refractivity contribution is 5.76. The smallest absolute Gasteiger partial charge is 0.220 e. The Morgan fingerprint density at radius 1 is 0.515 bits per heavy atom. The van der Waals surface area contributed by atoms with Gasteiger partial charge in [-0.05, 0) is 44.9 Å². The molecule has 0 aliphatic carbocycles. The van der Waals surface area contributed by atoms with Crippen LogP contribution in [0, 0.1) is 0 Å². The summed E-state index contributed by atoms with van der Waals surface area (Å²) in [6, 6.07) is -0.722. The van der Waals surface area contributed by atoms with Crippen molar-refractivity contribution in [3.05, 3.63) is 24.3 Å². The fourth-order valence-corrected chi connectivity index (χ4v) is 9.25. The van der Waals surface area contributed by atoms with Gasteiger partial charge in [-0.2, -0.15) is 0 Å². The number of aliphatic hydroxyl groups excluding tert-OH is 5. The molecule has 0 saturated carbocycles. The van der Waals surface area contributed by atoms with Crippen LogP contribution < -0.4 is 5.32 Å². The van der Waals surface area contributed by atoms with E-state index in [0.29, 0.717) is 12.8 Å². The Bertz CT molecular complexity index is 1090. The maximum absolute atomic E-state index is 13.1. The van der Waals surface area contributed by atoms with Gasteiger partial charge >= 0.3 is 0 Å². The Balaban J connectivity index is 2.20. The Kier molecular flexibility index (Phi) is 45.0. The zero-order chi connectivity index (χ0) is 48.0. The third-order valence-electron chi connectivity index (χ3n) is 13.8. The van der Waals surface area contributed by atoms with Crippen molar-refractivity contribution in [3.8, 4) is 0 Å². The molecule has 7 unspecified atom stereocenters. The van der Waals surface area contributed by atoms with Crippen LogP contribution in [-0.4, -0.2) is 87.5 Å². The Morgan fingerprint density at radius 2 is 0.894 bits per heavy atom. The molecule has 1 heterocycles. The van der Waals surface area contributed by atoms with E-state index in [0.717, 1.165) is 51.4 Å². The SMILES string of the molecule is CCCCCC/C=C\C/C=C\CCCCCCCCCC(=O)NC(COC1OC(CO)C(O)C(O)C1O)C(O)CCCCCCCCCCCCCCCCCCCCCCCCCCC. The van der Waals surface area contributed by atoms with Crippen LogP contribution in [0.3, 0.4) is 0 Å². The topological polar surface area (TPSA) is 149 Å². The van der Waals surface area contributed by atoms with Gasteiger partial charge in [0.1, 0.15) is 24.4 Å². The summed E-state index contributed by atoms with van der Waals surface area (Å²) < 4.78 is 11.3. The Labute approximate surface area is 407 Å². The van der Waals surface area contributed by atoms with Crippen molar-refractivity contribution in [1.29, 1.82) is 0 Å². The molecule has 1 fully saturated rings. The van der Waals surface area contributed by atoms with Crippen LogP contribution in [-0.2, 0) is 14.3 Å². The quantitative estimate of drug-likeness (QED) is 0.0261. The van der Waals surface area contributed by atoms with Crippen molar-refractivity contribution in [2.24, 2.45) is 0 Å². The first kappa shape index (κ1) is 62.7. The number of ether oxygens (including phenoxy) is 2. The van der Waals surface area contributed by atoms with Crippen molar-refractivity contribution in [1.82, 2.24) is 5.32 Å². The van der Waals surface area contributed by atoms with E-state index < -0.39 is 49.5 Å².